The third kappa shape index (κ3) is 8.54. The quantitative estimate of drug-likeness (QED) is 0.145. The molecule has 0 aromatic heterocycles. The number of carbonyl (C=O) groups excluding carboxylic acids is 2. The molecule has 46 heavy (non-hydrogen) atoms. The van der Waals surface area contributed by atoms with Gasteiger partial charge in [-0.05, 0) is 35.7 Å². The molecule has 0 unspecified atom stereocenters. The largest absolute Gasteiger partial charge is 0.354 e. The molecule has 2 amide bonds. The van der Waals surface area contributed by atoms with Gasteiger partial charge in [-0.25, -0.2) is 12.8 Å². The lowest BCUT2D eigenvalue weighted by Gasteiger charge is -2.34. The summed E-state index contributed by atoms with van der Waals surface area (Å²) in [5, 5.41) is 14.5. The molecule has 0 fully saturated rings. The Balaban J connectivity index is 1.83. The molecule has 0 spiro atoms. The van der Waals surface area contributed by atoms with Crippen LogP contribution in [0.2, 0.25) is 0 Å². The van der Waals surface area contributed by atoms with Crippen LogP contribution in [0.3, 0.4) is 0 Å². The SMILES string of the molecule is CC(C)CNC(=O)[C@@H](Cc1ccccc1)N(Cc1ccccc1F)C(=O)CN(c1cccc([N+](=O)[O-])c1)S(=O)(=O)c1ccccc1. The van der Waals surface area contributed by atoms with Gasteiger partial charge in [0.05, 0.1) is 15.5 Å². The molecule has 4 aromatic carbocycles. The molecule has 0 radical (unpaired) electrons. The van der Waals surface area contributed by atoms with Gasteiger partial charge in [0.15, 0.2) is 0 Å². The van der Waals surface area contributed by atoms with E-state index in [9.17, 15) is 28.1 Å². The van der Waals surface area contributed by atoms with Gasteiger partial charge in [0, 0.05) is 37.2 Å². The van der Waals surface area contributed by atoms with Crippen molar-refractivity contribution in [2.24, 2.45) is 5.92 Å². The molecule has 4 rings (SSSR count). The maximum Gasteiger partial charge on any atom is 0.271 e. The van der Waals surface area contributed by atoms with Crippen molar-refractivity contribution in [3.05, 3.63) is 136 Å². The highest BCUT2D eigenvalue weighted by Crippen LogP contribution is 2.28. The van der Waals surface area contributed by atoms with Crippen molar-refractivity contribution in [2.75, 3.05) is 17.4 Å². The standard InChI is InChI=1S/C34H35FN4O6S/c1-25(2)22-36-34(41)32(20-26-12-5-3-6-13-26)37(23-27-14-9-10-19-31(27)35)33(40)24-38(28-15-11-16-29(21-28)39(42)43)46(44,45)30-17-7-4-8-18-30/h3-19,21,25,32H,20,22-24H2,1-2H3,(H,36,41)/t32-/m1/s1. The Morgan fingerprint density at radius 1 is 0.891 bits per heavy atom. The number of sulfonamides is 1. The van der Waals surface area contributed by atoms with Crippen LogP contribution in [0.5, 0.6) is 0 Å². The van der Waals surface area contributed by atoms with Gasteiger partial charge in [0.25, 0.3) is 15.7 Å². The molecule has 0 bridgehead atoms. The number of anilines is 1. The summed E-state index contributed by atoms with van der Waals surface area (Å²) in [6, 6.07) is 25.9. The summed E-state index contributed by atoms with van der Waals surface area (Å²) in [5.41, 5.74) is 0.349. The molecule has 0 saturated heterocycles. The van der Waals surface area contributed by atoms with Crippen LogP contribution in [-0.2, 0) is 32.6 Å². The van der Waals surface area contributed by atoms with Crippen molar-refractivity contribution in [1.82, 2.24) is 10.2 Å². The van der Waals surface area contributed by atoms with Crippen molar-refractivity contribution < 1.29 is 27.3 Å². The number of benzene rings is 4. The number of nitro groups is 1. The van der Waals surface area contributed by atoms with Crippen LogP contribution in [0.1, 0.15) is 25.0 Å². The Kier molecular flexibility index (Phi) is 11.2. The number of nitro benzene ring substituents is 1. The van der Waals surface area contributed by atoms with Crippen molar-refractivity contribution in [1.29, 1.82) is 0 Å². The summed E-state index contributed by atoms with van der Waals surface area (Å²) in [7, 11) is -4.44. The van der Waals surface area contributed by atoms with E-state index < -0.39 is 45.2 Å². The zero-order valence-electron chi connectivity index (χ0n) is 25.5. The Hall–Kier alpha value is -5.10. The topological polar surface area (TPSA) is 130 Å². The molecule has 0 heterocycles. The average molecular weight is 647 g/mol. The normalized spacial score (nSPS) is 11.9. The zero-order valence-corrected chi connectivity index (χ0v) is 26.3. The lowest BCUT2D eigenvalue weighted by Crippen LogP contribution is -2.53. The molecule has 12 heteroatoms. The minimum atomic E-state index is -4.44. The Labute approximate surface area is 267 Å². The highest BCUT2D eigenvalue weighted by Gasteiger charge is 2.35. The first kappa shape index (κ1) is 33.8. The van der Waals surface area contributed by atoms with Crippen LogP contribution in [0.4, 0.5) is 15.8 Å². The molecule has 0 aliphatic rings. The van der Waals surface area contributed by atoms with Gasteiger partial charge in [-0.3, -0.25) is 24.0 Å². The highest BCUT2D eigenvalue weighted by atomic mass is 32.2. The fourth-order valence-corrected chi connectivity index (χ4v) is 6.22. The molecule has 0 saturated carbocycles. The molecule has 10 nitrogen and oxygen atoms in total. The number of carbonyl (C=O) groups is 2. The van der Waals surface area contributed by atoms with Crippen LogP contribution < -0.4 is 9.62 Å². The molecule has 240 valence electrons. The molecule has 1 N–H and O–H groups in total. The number of nitrogens with zero attached hydrogens (tertiary/aromatic N) is 3. The number of halogens is 1. The van der Waals surface area contributed by atoms with Crippen molar-refractivity contribution >= 4 is 33.2 Å². The summed E-state index contributed by atoms with van der Waals surface area (Å²) in [6.45, 7) is 2.98. The Bertz CT molecular complexity index is 1770. The van der Waals surface area contributed by atoms with E-state index in [0.717, 1.165) is 15.9 Å². The van der Waals surface area contributed by atoms with Crippen molar-refractivity contribution in [2.45, 2.75) is 37.8 Å². The summed E-state index contributed by atoms with van der Waals surface area (Å²) in [6.07, 6.45) is 0.0627. The van der Waals surface area contributed by atoms with E-state index in [1.165, 1.54) is 65.6 Å². The highest BCUT2D eigenvalue weighted by molar-refractivity contribution is 7.92. The van der Waals surface area contributed by atoms with Crippen molar-refractivity contribution in [3.8, 4) is 0 Å². The molecule has 1 atom stereocenters. The van der Waals surface area contributed by atoms with Crippen LogP contribution in [0.15, 0.2) is 114 Å². The van der Waals surface area contributed by atoms with Gasteiger partial charge in [-0.2, -0.15) is 0 Å². The number of amides is 2. The summed E-state index contributed by atoms with van der Waals surface area (Å²) >= 11 is 0. The second-order valence-electron chi connectivity index (χ2n) is 11.1. The molecule has 0 aliphatic carbocycles. The van der Waals surface area contributed by atoms with E-state index in [1.54, 1.807) is 36.4 Å². The minimum absolute atomic E-state index is 0.0627. The Morgan fingerprint density at radius 3 is 2.15 bits per heavy atom. The van der Waals surface area contributed by atoms with Gasteiger partial charge >= 0.3 is 0 Å². The van der Waals surface area contributed by atoms with E-state index in [4.69, 9.17) is 0 Å². The maximum atomic E-state index is 15.0. The number of hydrogen-bond donors (Lipinski definition) is 1. The first-order chi connectivity index (χ1) is 22.0. The Morgan fingerprint density at radius 2 is 1.52 bits per heavy atom. The first-order valence-electron chi connectivity index (χ1n) is 14.6. The third-order valence-electron chi connectivity index (χ3n) is 7.19. The fourth-order valence-electron chi connectivity index (χ4n) is 4.80. The van der Waals surface area contributed by atoms with E-state index in [2.05, 4.69) is 5.32 Å². The monoisotopic (exact) mass is 646 g/mol. The third-order valence-corrected chi connectivity index (χ3v) is 8.98. The molecule has 4 aromatic rings. The number of hydrogen-bond acceptors (Lipinski definition) is 6. The van der Waals surface area contributed by atoms with E-state index >= 15 is 4.39 Å². The van der Waals surface area contributed by atoms with Gasteiger partial charge < -0.3 is 10.2 Å². The zero-order chi connectivity index (χ0) is 33.3. The summed E-state index contributed by atoms with van der Waals surface area (Å²) in [4.78, 5) is 40.1. The second kappa shape index (κ2) is 15.3. The van der Waals surface area contributed by atoms with Gasteiger partial charge in [0.2, 0.25) is 11.8 Å². The van der Waals surface area contributed by atoms with Crippen LogP contribution in [-0.4, -0.2) is 49.2 Å². The van der Waals surface area contributed by atoms with Gasteiger partial charge in [0.1, 0.15) is 18.4 Å². The lowest BCUT2D eigenvalue weighted by atomic mass is 10.0. The maximum absolute atomic E-state index is 15.0. The van der Waals surface area contributed by atoms with E-state index in [-0.39, 0.29) is 40.7 Å². The van der Waals surface area contributed by atoms with Crippen molar-refractivity contribution in [3.63, 3.8) is 0 Å². The number of rotatable bonds is 14. The van der Waals surface area contributed by atoms with Gasteiger partial charge in [-0.1, -0.05) is 86.6 Å². The molecular formula is C34H35FN4O6S. The average Bonchev–Trinajstić information content (AvgIpc) is 3.05. The van der Waals surface area contributed by atoms with Gasteiger partial charge in [-0.15, -0.1) is 0 Å². The minimum Gasteiger partial charge on any atom is -0.354 e. The summed E-state index contributed by atoms with van der Waals surface area (Å²) in [5.74, 6) is -1.81. The lowest BCUT2D eigenvalue weighted by molar-refractivity contribution is -0.384. The van der Waals surface area contributed by atoms with Crippen LogP contribution >= 0.6 is 0 Å². The smallest absolute Gasteiger partial charge is 0.271 e. The predicted octanol–water partition coefficient (Wildman–Crippen LogP) is 5.34. The van der Waals surface area contributed by atoms with Crippen LogP contribution in [0, 0.1) is 21.8 Å². The van der Waals surface area contributed by atoms with E-state index in [0.29, 0.717) is 6.54 Å². The van der Waals surface area contributed by atoms with E-state index in [1.807, 2.05) is 19.9 Å². The second-order valence-corrected chi connectivity index (χ2v) is 12.9. The number of nitrogens with one attached hydrogen (secondary N) is 1. The predicted molar refractivity (Wildman–Crippen MR) is 173 cm³/mol. The van der Waals surface area contributed by atoms with Crippen LogP contribution in [0.25, 0.3) is 0 Å². The molecular weight excluding hydrogens is 611 g/mol. The first-order valence-corrected chi connectivity index (χ1v) is 16.1. The fraction of sp³-hybridized carbons (Fsp3) is 0.235. The molecule has 0 aliphatic heterocycles. The number of non-ortho nitro benzene ring substituents is 1. The summed E-state index contributed by atoms with van der Waals surface area (Å²) < 4.78 is 43.8.